The van der Waals surface area contributed by atoms with Crippen LogP contribution in [0.4, 0.5) is 0 Å². The molecule has 1 fully saturated rings. The molecule has 4 atom stereocenters. The van der Waals surface area contributed by atoms with Crippen LogP contribution < -0.4 is 0 Å². The summed E-state index contributed by atoms with van der Waals surface area (Å²) < 4.78 is 16.0. The van der Waals surface area contributed by atoms with Gasteiger partial charge in [-0.25, -0.2) is 0 Å². The fraction of sp³-hybridized carbons (Fsp3) is 0.923. The summed E-state index contributed by atoms with van der Waals surface area (Å²) in [5, 5.41) is 10.4. The lowest BCUT2D eigenvalue weighted by Gasteiger charge is -2.43. The van der Waals surface area contributed by atoms with Crippen LogP contribution in [0.15, 0.2) is 0 Å². The van der Waals surface area contributed by atoms with Crippen molar-refractivity contribution in [1.82, 2.24) is 0 Å². The van der Waals surface area contributed by atoms with Crippen LogP contribution >= 0.6 is 0 Å². The molecular formula is C13H24O5. The lowest BCUT2D eigenvalue weighted by Crippen LogP contribution is -2.56. The van der Waals surface area contributed by atoms with Gasteiger partial charge in [0, 0.05) is 20.0 Å². The molecule has 106 valence electrons. The summed E-state index contributed by atoms with van der Waals surface area (Å²) in [5.41, 5.74) is -1.13. The molecule has 0 saturated carbocycles. The summed E-state index contributed by atoms with van der Waals surface area (Å²) in [6, 6.07) is 0. The van der Waals surface area contributed by atoms with E-state index in [9.17, 15) is 9.90 Å². The van der Waals surface area contributed by atoms with Gasteiger partial charge < -0.3 is 19.3 Å². The minimum absolute atomic E-state index is 0.231. The number of carbonyl (C=O) groups is 1. The molecular weight excluding hydrogens is 236 g/mol. The third kappa shape index (κ3) is 3.93. The lowest BCUT2D eigenvalue weighted by atomic mass is 9.88. The van der Waals surface area contributed by atoms with Gasteiger partial charge in [0.1, 0.15) is 5.60 Å². The van der Waals surface area contributed by atoms with E-state index < -0.39 is 24.1 Å². The summed E-state index contributed by atoms with van der Waals surface area (Å²) in [6.45, 7) is 7.31. The van der Waals surface area contributed by atoms with Gasteiger partial charge in [-0.05, 0) is 19.8 Å². The van der Waals surface area contributed by atoms with Crippen molar-refractivity contribution in [3.8, 4) is 0 Å². The molecule has 0 amide bonds. The first-order chi connectivity index (χ1) is 8.26. The van der Waals surface area contributed by atoms with Crippen LogP contribution in [0.3, 0.4) is 0 Å². The molecule has 5 heteroatoms. The molecule has 1 saturated heterocycles. The van der Waals surface area contributed by atoms with Gasteiger partial charge in [-0.15, -0.1) is 0 Å². The summed E-state index contributed by atoms with van der Waals surface area (Å²) in [7, 11) is 1.53. The number of esters is 1. The maximum Gasteiger partial charge on any atom is 0.306 e. The number of ether oxygens (including phenoxy) is 3. The fourth-order valence-corrected chi connectivity index (χ4v) is 2.20. The lowest BCUT2D eigenvalue weighted by molar-refractivity contribution is -0.270. The Labute approximate surface area is 108 Å². The second kappa shape index (κ2) is 5.99. The molecule has 1 rings (SSSR count). The van der Waals surface area contributed by atoms with Gasteiger partial charge in [-0.1, -0.05) is 13.8 Å². The van der Waals surface area contributed by atoms with Crippen molar-refractivity contribution in [3.05, 3.63) is 0 Å². The zero-order chi connectivity index (χ0) is 13.9. The average molecular weight is 260 g/mol. The van der Waals surface area contributed by atoms with E-state index >= 15 is 0 Å². The van der Waals surface area contributed by atoms with E-state index in [1.807, 2.05) is 13.8 Å². The molecule has 0 aliphatic carbocycles. The number of aliphatic hydroxyl groups is 1. The number of carbonyl (C=O) groups excluding carboxylic acids is 1. The highest BCUT2D eigenvalue weighted by atomic mass is 16.7. The van der Waals surface area contributed by atoms with Crippen LogP contribution in [0.2, 0.25) is 0 Å². The van der Waals surface area contributed by atoms with Crippen molar-refractivity contribution in [1.29, 1.82) is 0 Å². The third-order valence-electron chi connectivity index (χ3n) is 3.08. The van der Waals surface area contributed by atoms with Crippen LogP contribution in [0.1, 0.15) is 40.5 Å². The van der Waals surface area contributed by atoms with Crippen molar-refractivity contribution >= 4 is 5.97 Å². The SMILES string of the molecule is CO[C@@H]1C[C@@](C)(O)[C@@H](OC(=O)CC(C)C)[C@H](C)O1. The number of hydrogen-bond acceptors (Lipinski definition) is 5. The minimum Gasteiger partial charge on any atom is -0.457 e. The third-order valence-corrected chi connectivity index (χ3v) is 3.08. The Bertz CT molecular complexity index is 287. The average Bonchev–Trinajstić information content (AvgIpc) is 2.21. The van der Waals surface area contributed by atoms with Gasteiger partial charge >= 0.3 is 5.97 Å². The smallest absolute Gasteiger partial charge is 0.306 e. The summed E-state index contributed by atoms with van der Waals surface area (Å²) in [4.78, 5) is 11.7. The van der Waals surface area contributed by atoms with Crippen molar-refractivity contribution in [2.24, 2.45) is 5.92 Å². The Morgan fingerprint density at radius 2 is 2.17 bits per heavy atom. The minimum atomic E-state index is -1.13. The van der Waals surface area contributed by atoms with Crippen molar-refractivity contribution in [2.45, 2.75) is 64.6 Å². The molecule has 1 heterocycles. The first kappa shape index (κ1) is 15.4. The highest BCUT2D eigenvalue weighted by Gasteiger charge is 2.46. The maximum absolute atomic E-state index is 11.7. The summed E-state index contributed by atoms with van der Waals surface area (Å²) in [6.07, 6.45) is -0.888. The van der Waals surface area contributed by atoms with E-state index in [2.05, 4.69) is 0 Å². The molecule has 18 heavy (non-hydrogen) atoms. The normalized spacial score (nSPS) is 36.7. The first-order valence-electron chi connectivity index (χ1n) is 6.36. The van der Waals surface area contributed by atoms with Crippen LogP contribution in [0.5, 0.6) is 0 Å². The number of methoxy groups -OCH3 is 1. The molecule has 0 aromatic carbocycles. The van der Waals surface area contributed by atoms with Gasteiger partial charge in [-0.2, -0.15) is 0 Å². The van der Waals surface area contributed by atoms with Crippen LogP contribution in [0, 0.1) is 5.92 Å². The summed E-state index contributed by atoms with van der Waals surface area (Å²) in [5.74, 6) is -0.0735. The molecule has 0 spiro atoms. The second-order valence-electron chi connectivity index (χ2n) is 5.58. The van der Waals surface area contributed by atoms with Crippen molar-refractivity contribution in [2.75, 3.05) is 7.11 Å². The molecule has 1 N–H and O–H groups in total. The van der Waals surface area contributed by atoms with Crippen LogP contribution in [-0.2, 0) is 19.0 Å². The Balaban J connectivity index is 2.66. The molecule has 0 bridgehead atoms. The monoisotopic (exact) mass is 260 g/mol. The van der Waals surface area contributed by atoms with E-state index in [0.29, 0.717) is 6.42 Å². The van der Waals surface area contributed by atoms with Gasteiger partial charge in [-0.3, -0.25) is 4.79 Å². The molecule has 0 unspecified atom stereocenters. The standard InChI is InChI=1S/C13H24O5/c1-8(2)6-10(14)18-12-9(3)17-11(16-5)7-13(12,4)15/h8-9,11-12,15H,6-7H2,1-5H3/t9-,11-,12-,13+/m0/s1. The van der Waals surface area contributed by atoms with Gasteiger partial charge in [0.15, 0.2) is 12.4 Å². The van der Waals surface area contributed by atoms with E-state index in [1.165, 1.54) is 7.11 Å². The van der Waals surface area contributed by atoms with Gasteiger partial charge in [0.05, 0.1) is 6.10 Å². The molecule has 5 nitrogen and oxygen atoms in total. The van der Waals surface area contributed by atoms with Crippen LogP contribution in [-0.4, -0.2) is 42.3 Å². The Morgan fingerprint density at radius 3 is 2.61 bits per heavy atom. The molecule has 0 aromatic rings. The summed E-state index contributed by atoms with van der Waals surface area (Å²) >= 11 is 0. The Kier molecular flexibility index (Phi) is 5.13. The highest BCUT2D eigenvalue weighted by Crippen LogP contribution is 2.31. The van der Waals surface area contributed by atoms with E-state index in [0.717, 1.165) is 0 Å². The van der Waals surface area contributed by atoms with E-state index in [1.54, 1.807) is 13.8 Å². The molecule has 0 aromatic heterocycles. The number of rotatable bonds is 4. The van der Waals surface area contributed by atoms with Crippen molar-refractivity contribution in [3.63, 3.8) is 0 Å². The maximum atomic E-state index is 11.7. The van der Waals surface area contributed by atoms with Gasteiger partial charge in [0.2, 0.25) is 0 Å². The largest absolute Gasteiger partial charge is 0.457 e. The Hall–Kier alpha value is -0.650. The fourth-order valence-electron chi connectivity index (χ4n) is 2.20. The van der Waals surface area contributed by atoms with Crippen LogP contribution in [0.25, 0.3) is 0 Å². The molecule has 1 aliphatic rings. The predicted molar refractivity (Wildman–Crippen MR) is 65.9 cm³/mol. The van der Waals surface area contributed by atoms with Crippen molar-refractivity contribution < 1.29 is 24.1 Å². The van der Waals surface area contributed by atoms with E-state index in [-0.39, 0.29) is 18.3 Å². The van der Waals surface area contributed by atoms with Gasteiger partial charge in [0.25, 0.3) is 0 Å². The number of hydrogen-bond donors (Lipinski definition) is 1. The Morgan fingerprint density at radius 1 is 1.56 bits per heavy atom. The van der Waals surface area contributed by atoms with E-state index in [4.69, 9.17) is 14.2 Å². The predicted octanol–water partition coefficient (Wildman–Crippen LogP) is 1.48. The molecule has 0 radical (unpaired) electrons. The zero-order valence-electron chi connectivity index (χ0n) is 11.8. The molecule has 1 aliphatic heterocycles. The zero-order valence-corrected chi connectivity index (χ0v) is 11.8. The quantitative estimate of drug-likeness (QED) is 0.776. The second-order valence-corrected chi connectivity index (χ2v) is 5.58. The topological polar surface area (TPSA) is 65.0 Å². The first-order valence-corrected chi connectivity index (χ1v) is 6.36. The highest BCUT2D eigenvalue weighted by molar-refractivity contribution is 5.70.